The number of ether oxygens (including phenoxy) is 2. The normalized spacial score (nSPS) is 17.9. The fourth-order valence-corrected chi connectivity index (χ4v) is 3.29. The van der Waals surface area contributed by atoms with Crippen molar-refractivity contribution in [2.45, 2.75) is 32.0 Å². The van der Waals surface area contributed by atoms with Gasteiger partial charge in [0.25, 0.3) is 5.91 Å². The van der Waals surface area contributed by atoms with Crippen LogP contribution in [0.1, 0.15) is 29.8 Å². The number of aromatic nitrogens is 1. The number of rotatable bonds is 3. The Morgan fingerprint density at radius 2 is 1.93 bits per heavy atom. The van der Waals surface area contributed by atoms with Gasteiger partial charge in [0.05, 0.1) is 19.8 Å². The van der Waals surface area contributed by atoms with E-state index in [0.717, 1.165) is 5.56 Å². The molecule has 1 saturated heterocycles. The number of pyridine rings is 1. The first-order chi connectivity index (χ1) is 12.4. The Labute approximate surface area is 165 Å². The van der Waals surface area contributed by atoms with E-state index in [1.807, 2.05) is 44.2 Å². The van der Waals surface area contributed by atoms with Gasteiger partial charge in [-0.3, -0.25) is 4.79 Å². The van der Waals surface area contributed by atoms with Gasteiger partial charge in [-0.05, 0) is 31.9 Å². The first kappa shape index (κ1) is 20.9. The van der Waals surface area contributed by atoms with E-state index in [0.29, 0.717) is 18.6 Å². The Kier molecular flexibility index (Phi) is 6.57. The number of carbonyl (C=O) groups excluding carboxylic acids is 2. The van der Waals surface area contributed by atoms with Crippen LogP contribution in [0, 0.1) is 0 Å². The zero-order chi connectivity index (χ0) is 18.7. The number of nitrogens with zero attached hydrogens (tertiary/aromatic N) is 2. The third-order valence-electron chi connectivity index (χ3n) is 4.54. The molecule has 7 heteroatoms. The van der Waals surface area contributed by atoms with E-state index in [1.54, 1.807) is 23.2 Å². The van der Waals surface area contributed by atoms with Crippen molar-refractivity contribution in [1.29, 1.82) is 0 Å². The van der Waals surface area contributed by atoms with Crippen molar-refractivity contribution >= 4 is 12.0 Å². The van der Waals surface area contributed by atoms with Crippen LogP contribution in [0.5, 0.6) is 0 Å². The van der Waals surface area contributed by atoms with Gasteiger partial charge in [0.2, 0.25) is 0 Å². The highest BCUT2D eigenvalue weighted by molar-refractivity contribution is 5.94. The minimum atomic E-state index is -0.720. The molecular weight excluding hydrogens is 368 g/mol. The molecular formula is C20H23ClN2O4. The molecule has 1 aliphatic rings. The average Bonchev–Trinajstić information content (AvgIpc) is 2.95. The first-order valence-electron chi connectivity index (χ1n) is 8.53. The zero-order valence-electron chi connectivity index (χ0n) is 15.6. The van der Waals surface area contributed by atoms with E-state index >= 15 is 0 Å². The molecule has 3 rings (SSSR count). The molecule has 1 aromatic carbocycles. The molecule has 0 aliphatic carbocycles. The van der Waals surface area contributed by atoms with Crippen molar-refractivity contribution < 1.29 is 36.0 Å². The second kappa shape index (κ2) is 8.50. The molecule has 1 aliphatic heterocycles. The lowest BCUT2D eigenvalue weighted by molar-refractivity contribution is -0.585. The number of halogens is 1. The van der Waals surface area contributed by atoms with E-state index in [2.05, 4.69) is 0 Å². The fourth-order valence-electron chi connectivity index (χ4n) is 3.29. The summed E-state index contributed by atoms with van der Waals surface area (Å²) in [6, 6.07) is 13.3. The summed E-state index contributed by atoms with van der Waals surface area (Å²) in [4.78, 5) is 26.7. The second-order valence-electron chi connectivity index (χ2n) is 6.75. The molecule has 0 N–H and O–H groups in total. The minimum Gasteiger partial charge on any atom is -1.00 e. The molecule has 2 heterocycles. The summed E-state index contributed by atoms with van der Waals surface area (Å²) in [5.74, 6) is -0.174. The maximum atomic E-state index is 13.2. The molecule has 1 aromatic heterocycles. The van der Waals surface area contributed by atoms with E-state index in [-0.39, 0.29) is 24.4 Å². The number of benzene rings is 1. The fraction of sp³-hybridized carbons (Fsp3) is 0.350. The van der Waals surface area contributed by atoms with E-state index in [9.17, 15) is 9.59 Å². The third-order valence-corrected chi connectivity index (χ3v) is 4.54. The van der Waals surface area contributed by atoms with E-state index < -0.39 is 11.8 Å². The van der Waals surface area contributed by atoms with Crippen molar-refractivity contribution in [1.82, 2.24) is 4.90 Å². The molecule has 6 nitrogen and oxygen atoms in total. The number of carbonyl (C=O) groups is 2. The number of amides is 1. The van der Waals surface area contributed by atoms with Crippen molar-refractivity contribution in [3.63, 3.8) is 0 Å². The molecule has 2 aromatic rings. The summed E-state index contributed by atoms with van der Waals surface area (Å²) < 4.78 is 11.9. The zero-order valence-corrected chi connectivity index (χ0v) is 16.3. The molecule has 1 atom stereocenters. The lowest BCUT2D eigenvalue weighted by Crippen LogP contribution is -3.00. The van der Waals surface area contributed by atoms with Crippen molar-refractivity contribution in [3.05, 3.63) is 66.0 Å². The molecule has 1 fully saturated rings. The van der Waals surface area contributed by atoms with Crippen molar-refractivity contribution in [3.8, 4) is 0 Å². The molecule has 0 radical (unpaired) electrons. The summed E-state index contributed by atoms with van der Waals surface area (Å²) in [5, 5.41) is 0. The van der Waals surface area contributed by atoms with Gasteiger partial charge in [-0.25, -0.2) is 0 Å². The quantitative estimate of drug-likeness (QED) is 0.657. The molecule has 0 bridgehead atoms. The highest BCUT2D eigenvalue weighted by Crippen LogP contribution is 2.30. The van der Waals surface area contributed by atoms with Crippen LogP contribution in [0.25, 0.3) is 0 Å². The third kappa shape index (κ3) is 4.46. The lowest BCUT2D eigenvalue weighted by atomic mass is 10.0. The van der Waals surface area contributed by atoms with Gasteiger partial charge in [-0.15, -0.1) is 0 Å². The standard InChI is InChI=1S/C20H23N2O4.ClH/c1-20(2)22(17(14-26-20)12-15-8-5-4-6-9-15)18(23)16-10-7-11-21(13-16)19(24)25-3;/h4-11,13,17H,12,14H2,1-3H3;1H/q+1;/p-1/t17-;/m0./s1. The van der Waals surface area contributed by atoms with Gasteiger partial charge in [0.1, 0.15) is 11.3 Å². The van der Waals surface area contributed by atoms with Gasteiger partial charge in [0.15, 0.2) is 12.4 Å². The summed E-state index contributed by atoms with van der Waals surface area (Å²) in [6.45, 7) is 4.23. The maximum Gasteiger partial charge on any atom is 0.601 e. The second-order valence-corrected chi connectivity index (χ2v) is 6.75. The van der Waals surface area contributed by atoms with Crippen LogP contribution in [0.2, 0.25) is 0 Å². The predicted octanol–water partition coefficient (Wildman–Crippen LogP) is -0.588. The van der Waals surface area contributed by atoms with Gasteiger partial charge in [-0.1, -0.05) is 34.9 Å². The minimum absolute atomic E-state index is 0. The van der Waals surface area contributed by atoms with Crippen LogP contribution in [0.3, 0.4) is 0 Å². The van der Waals surface area contributed by atoms with Crippen LogP contribution >= 0.6 is 0 Å². The van der Waals surface area contributed by atoms with Gasteiger partial charge in [0, 0.05) is 6.07 Å². The molecule has 1 amide bonds. The van der Waals surface area contributed by atoms with E-state index in [1.165, 1.54) is 17.9 Å². The van der Waals surface area contributed by atoms with Gasteiger partial charge >= 0.3 is 6.09 Å². The van der Waals surface area contributed by atoms with E-state index in [4.69, 9.17) is 9.47 Å². The Balaban J connectivity index is 0.00000261. The summed E-state index contributed by atoms with van der Waals surface area (Å²) in [7, 11) is 1.30. The lowest BCUT2D eigenvalue weighted by Gasteiger charge is -2.33. The number of hydrogen-bond acceptors (Lipinski definition) is 4. The monoisotopic (exact) mass is 390 g/mol. The smallest absolute Gasteiger partial charge is 0.601 e. The van der Waals surface area contributed by atoms with Crippen LogP contribution in [0.15, 0.2) is 54.9 Å². The molecule has 27 heavy (non-hydrogen) atoms. The Morgan fingerprint density at radius 1 is 1.22 bits per heavy atom. The maximum absolute atomic E-state index is 13.2. The largest absolute Gasteiger partial charge is 1.00 e. The Morgan fingerprint density at radius 3 is 2.59 bits per heavy atom. The van der Waals surface area contributed by atoms with Crippen molar-refractivity contribution in [2.75, 3.05) is 13.7 Å². The SMILES string of the molecule is COC(=O)[n+]1cccc(C(=O)N2[C@@H](Cc3ccccc3)COC2(C)C)c1.[Cl-]. The van der Waals surface area contributed by atoms with Gasteiger partial charge < -0.3 is 26.8 Å². The Hall–Kier alpha value is -2.44. The molecule has 0 saturated carbocycles. The van der Waals surface area contributed by atoms with Crippen LogP contribution < -0.4 is 17.0 Å². The van der Waals surface area contributed by atoms with Crippen molar-refractivity contribution in [2.24, 2.45) is 0 Å². The average molecular weight is 391 g/mol. The molecule has 144 valence electrons. The number of hydrogen-bond donors (Lipinski definition) is 0. The summed E-state index contributed by atoms with van der Waals surface area (Å²) in [6.07, 6.45) is 3.20. The summed E-state index contributed by atoms with van der Waals surface area (Å²) >= 11 is 0. The number of methoxy groups -OCH3 is 1. The van der Waals surface area contributed by atoms with Crippen LogP contribution in [-0.4, -0.2) is 42.4 Å². The highest BCUT2D eigenvalue weighted by Gasteiger charge is 2.44. The van der Waals surface area contributed by atoms with Crippen LogP contribution in [-0.2, 0) is 15.9 Å². The topological polar surface area (TPSA) is 59.7 Å². The van der Waals surface area contributed by atoms with Gasteiger partial charge in [-0.2, -0.15) is 4.79 Å². The highest BCUT2D eigenvalue weighted by atomic mass is 35.5. The Bertz CT molecular complexity index is 811. The predicted molar refractivity (Wildman–Crippen MR) is 94.6 cm³/mol. The summed E-state index contributed by atoms with van der Waals surface area (Å²) in [5.41, 5.74) is 0.839. The van der Waals surface area contributed by atoms with Crippen LogP contribution in [0.4, 0.5) is 4.79 Å². The molecule has 0 unspecified atom stereocenters. The molecule has 0 spiro atoms. The first-order valence-corrected chi connectivity index (χ1v) is 8.53.